The molecule has 0 bridgehead atoms. The first-order chi connectivity index (χ1) is 6.85. The number of ether oxygens (including phenoxy) is 1. The van der Waals surface area contributed by atoms with E-state index in [-0.39, 0.29) is 11.4 Å². The number of rotatable bonds is 3. The van der Waals surface area contributed by atoms with Crippen molar-refractivity contribution in [3.05, 3.63) is 29.1 Å². The fraction of sp³-hybridized carbons (Fsp3) is 0.500. The molecule has 0 heterocycles. The van der Waals surface area contributed by atoms with Gasteiger partial charge in [-0.25, -0.2) is 4.39 Å². The van der Waals surface area contributed by atoms with Crippen LogP contribution >= 0.6 is 0 Å². The van der Waals surface area contributed by atoms with E-state index in [1.807, 2.05) is 20.8 Å². The Morgan fingerprint density at radius 2 is 2.00 bits per heavy atom. The van der Waals surface area contributed by atoms with E-state index in [2.05, 4.69) is 0 Å². The molecular weight excluding hydrogens is 193 g/mol. The smallest absolute Gasteiger partial charge is 0.165 e. The van der Waals surface area contributed by atoms with Crippen LogP contribution in [0.25, 0.3) is 0 Å². The molecule has 1 aromatic rings. The fourth-order valence-corrected chi connectivity index (χ4v) is 1.59. The molecule has 0 radical (unpaired) electrons. The number of nitrogens with two attached hydrogens (primary N) is 1. The maximum absolute atomic E-state index is 13.4. The summed E-state index contributed by atoms with van der Waals surface area (Å²) in [5.74, 6) is -0.0177. The highest BCUT2D eigenvalue weighted by Crippen LogP contribution is 2.28. The minimum atomic E-state index is -0.369. The van der Waals surface area contributed by atoms with Crippen LogP contribution in [0.5, 0.6) is 5.75 Å². The maximum Gasteiger partial charge on any atom is 0.165 e. The first-order valence-electron chi connectivity index (χ1n) is 4.96. The molecule has 1 rings (SSSR count). The quantitative estimate of drug-likeness (QED) is 0.833. The fourth-order valence-electron chi connectivity index (χ4n) is 1.59. The molecule has 0 aliphatic carbocycles. The summed E-state index contributed by atoms with van der Waals surface area (Å²) < 4.78 is 18.5. The van der Waals surface area contributed by atoms with E-state index in [0.29, 0.717) is 12.2 Å². The largest absolute Gasteiger partial charge is 0.493 e. The summed E-state index contributed by atoms with van der Waals surface area (Å²) >= 11 is 0. The van der Waals surface area contributed by atoms with Crippen molar-refractivity contribution >= 4 is 0 Å². The van der Waals surface area contributed by atoms with Gasteiger partial charge in [0.1, 0.15) is 0 Å². The second-order valence-corrected chi connectivity index (χ2v) is 4.54. The van der Waals surface area contributed by atoms with Crippen LogP contribution in [0.3, 0.4) is 0 Å². The number of hydrogen-bond donors (Lipinski definition) is 1. The Morgan fingerprint density at radius 1 is 1.40 bits per heavy atom. The highest BCUT2D eigenvalue weighted by molar-refractivity contribution is 5.41. The molecule has 0 aromatic heterocycles. The SMILES string of the molecule is COc1c(F)ccc(C)c1CC(C)(C)N. The van der Waals surface area contributed by atoms with Gasteiger partial charge in [-0.3, -0.25) is 0 Å². The minimum Gasteiger partial charge on any atom is -0.493 e. The molecule has 0 saturated heterocycles. The second-order valence-electron chi connectivity index (χ2n) is 4.54. The molecule has 0 fully saturated rings. The van der Waals surface area contributed by atoms with Crippen molar-refractivity contribution in [3.8, 4) is 5.75 Å². The van der Waals surface area contributed by atoms with E-state index < -0.39 is 0 Å². The summed E-state index contributed by atoms with van der Waals surface area (Å²) in [5.41, 5.74) is 7.42. The van der Waals surface area contributed by atoms with Crippen LogP contribution in [0.1, 0.15) is 25.0 Å². The van der Waals surface area contributed by atoms with Crippen LogP contribution < -0.4 is 10.5 Å². The van der Waals surface area contributed by atoms with Crippen LogP contribution in [0.2, 0.25) is 0 Å². The van der Waals surface area contributed by atoms with Crippen LogP contribution in [0.4, 0.5) is 4.39 Å². The average Bonchev–Trinajstić information content (AvgIpc) is 2.10. The van der Waals surface area contributed by atoms with Gasteiger partial charge in [0.05, 0.1) is 7.11 Å². The van der Waals surface area contributed by atoms with Crippen molar-refractivity contribution in [1.29, 1.82) is 0 Å². The minimum absolute atomic E-state index is 0.313. The summed E-state index contributed by atoms with van der Waals surface area (Å²) in [5, 5.41) is 0. The third kappa shape index (κ3) is 2.93. The van der Waals surface area contributed by atoms with Crippen molar-refractivity contribution in [1.82, 2.24) is 0 Å². The Hall–Kier alpha value is -1.09. The van der Waals surface area contributed by atoms with E-state index in [4.69, 9.17) is 10.5 Å². The van der Waals surface area contributed by atoms with Crippen molar-refractivity contribution in [3.63, 3.8) is 0 Å². The summed E-state index contributed by atoms with van der Waals surface area (Å²) in [6.45, 7) is 5.76. The predicted octanol–water partition coefficient (Wildman–Crippen LogP) is 2.42. The molecule has 0 atom stereocenters. The van der Waals surface area contributed by atoms with Gasteiger partial charge in [-0.15, -0.1) is 0 Å². The maximum atomic E-state index is 13.4. The van der Waals surface area contributed by atoms with Crippen LogP contribution in [0.15, 0.2) is 12.1 Å². The molecule has 0 aliphatic heterocycles. The molecule has 0 saturated carbocycles. The second kappa shape index (κ2) is 4.19. The third-order valence-electron chi connectivity index (χ3n) is 2.28. The number of hydrogen-bond acceptors (Lipinski definition) is 2. The topological polar surface area (TPSA) is 35.2 Å². The Bertz CT molecular complexity index is 355. The number of methoxy groups -OCH3 is 1. The lowest BCUT2D eigenvalue weighted by atomic mass is 9.92. The molecular formula is C12H18FNO. The monoisotopic (exact) mass is 211 g/mol. The summed E-state index contributed by atoms with van der Waals surface area (Å²) in [6, 6.07) is 3.17. The Labute approximate surface area is 90.2 Å². The zero-order valence-electron chi connectivity index (χ0n) is 9.73. The molecule has 84 valence electrons. The van der Waals surface area contributed by atoms with Gasteiger partial charge in [-0.2, -0.15) is 0 Å². The van der Waals surface area contributed by atoms with Crippen molar-refractivity contribution in [2.75, 3.05) is 7.11 Å². The number of benzene rings is 1. The van der Waals surface area contributed by atoms with Crippen LogP contribution in [-0.2, 0) is 6.42 Å². The molecule has 0 aliphatic rings. The molecule has 3 heteroatoms. The summed E-state index contributed by atoms with van der Waals surface area (Å²) in [7, 11) is 1.48. The van der Waals surface area contributed by atoms with Gasteiger partial charge in [0.15, 0.2) is 11.6 Å². The van der Waals surface area contributed by atoms with E-state index in [9.17, 15) is 4.39 Å². The highest BCUT2D eigenvalue weighted by Gasteiger charge is 2.19. The van der Waals surface area contributed by atoms with Crippen molar-refractivity contribution < 1.29 is 9.13 Å². The predicted molar refractivity (Wildman–Crippen MR) is 59.7 cm³/mol. The Morgan fingerprint density at radius 3 is 2.47 bits per heavy atom. The Kier molecular flexibility index (Phi) is 3.35. The van der Waals surface area contributed by atoms with Gasteiger partial charge in [0.2, 0.25) is 0 Å². The van der Waals surface area contributed by atoms with E-state index in [1.165, 1.54) is 13.2 Å². The van der Waals surface area contributed by atoms with Crippen molar-refractivity contribution in [2.24, 2.45) is 5.73 Å². The number of aryl methyl sites for hydroxylation is 1. The number of halogens is 1. The van der Waals surface area contributed by atoms with Crippen LogP contribution in [0, 0.1) is 12.7 Å². The normalized spacial score (nSPS) is 11.6. The van der Waals surface area contributed by atoms with Crippen LogP contribution in [-0.4, -0.2) is 12.6 Å². The van der Waals surface area contributed by atoms with Crippen molar-refractivity contribution in [2.45, 2.75) is 32.7 Å². The molecule has 15 heavy (non-hydrogen) atoms. The van der Waals surface area contributed by atoms with Gasteiger partial charge in [0.25, 0.3) is 0 Å². The van der Waals surface area contributed by atoms with Gasteiger partial charge in [-0.1, -0.05) is 6.07 Å². The first kappa shape index (κ1) is 12.0. The lowest BCUT2D eigenvalue weighted by Gasteiger charge is -2.21. The molecule has 2 N–H and O–H groups in total. The lowest BCUT2D eigenvalue weighted by Crippen LogP contribution is -2.34. The molecule has 2 nitrogen and oxygen atoms in total. The molecule has 1 aromatic carbocycles. The highest BCUT2D eigenvalue weighted by atomic mass is 19.1. The lowest BCUT2D eigenvalue weighted by molar-refractivity contribution is 0.375. The molecule has 0 spiro atoms. The molecule has 0 amide bonds. The average molecular weight is 211 g/mol. The van der Waals surface area contributed by atoms with E-state index in [1.54, 1.807) is 6.07 Å². The van der Waals surface area contributed by atoms with E-state index >= 15 is 0 Å². The zero-order valence-corrected chi connectivity index (χ0v) is 9.73. The third-order valence-corrected chi connectivity index (χ3v) is 2.28. The summed E-state index contributed by atoms with van der Waals surface area (Å²) in [4.78, 5) is 0. The van der Waals surface area contributed by atoms with Gasteiger partial charge in [-0.05, 0) is 38.8 Å². The van der Waals surface area contributed by atoms with Gasteiger partial charge in [0, 0.05) is 11.1 Å². The standard InChI is InChI=1S/C12H18FNO/c1-8-5-6-10(13)11(15-4)9(8)7-12(2,3)14/h5-6H,7,14H2,1-4H3. The first-order valence-corrected chi connectivity index (χ1v) is 4.96. The van der Waals surface area contributed by atoms with E-state index in [0.717, 1.165) is 11.1 Å². The van der Waals surface area contributed by atoms with Gasteiger partial charge < -0.3 is 10.5 Å². The Balaban J connectivity index is 3.20. The van der Waals surface area contributed by atoms with Gasteiger partial charge >= 0.3 is 0 Å². The molecule has 0 unspecified atom stereocenters. The summed E-state index contributed by atoms with van der Waals surface area (Å²) in [6.07, 6.45) is 0.597. The zero-order chi connectivity index (χ0) is 11.6.